The quantitative estimate of drug-likeness (QED) is 0.351. The minimum Gasteiger partial charge on any atom is -0.497 e. The number of hydrogen-bond donors (Lipinski definition) is 2. The predicted molar refractivity (Wildman–Crippen MR) is 117 cm³/mol. The van der Waals surface area contributed by atoms with Gasteiger partial charge < -0.3 is 20.1 Å². The Morgan fingerprint density at radius 1 is 1.00 bits per heavy atom. The smallest absolute Gasteiger partial charge is 0.191 e. The van der Waals surface area contributed by atoms with Crippen LogP contribution in [0.5, 0.6) is 5.75 Å². The summed E-state index contributed by atoms with van der Waals surface area (Å²) < 4.78 is 10.8. The van der Waals surface area contributed by atoms with E-state index in [0.717, 1.165) is 29.4 Å². The normalized spacial score (nSPS) is 12.0. The number of benzene rings is 2. The Hall–Kier alpha value is -1.80. The zero-order valence-corrected chi connectivity index (χ0v) is 17.9. The summed E-state index contributed by atoms with van der Waals surface area (Å²) in [5.74, 6) is 1.62. The number of rotatable bonds is 8. The highest BCUT2D eigenvalue weighted by Gasteiger charge is 2.10. The van der Waals surface area contributed by atoms with Crippen LogP contribution in [-0.4, -0.2) is 33.3 Å². The highest BCUT2D eigenvalue weighted by atomic mass is 127. The minimum atomic E-state index is -0.0222. The highest BCUT2D eigenvalue weighted by Crippen LogP contribution is 2.15. The number of aliphatic imine (C=N–C) groups is 1. The number of nitrogens with one attached hydrogen (secondary N) is 2. The third kappa shape index (κ3) is 7.21. The first-order valence-electron chi connectivity index (χ1n) is 8.49. The van der Waals surface area contributed by atoms with Crippen LogP contribution in [0, 0.1) is 0 Å². The van der Waals surface area contributed by atoms with E-state index in [9.17, 15) is 0 Å². The van der Waals surface area contributed by atoms with Gasteiger partial charge in [0.05, 0.1) is 19.8 Å². The van der Waals surface area contributed by atoms with Crippen LogP contribution < -0.4 is 15.4 Å². The second kappa shape index (κ2) is 12.5. The van der Waals surface area contributed by atoms with E-state index >= 15 is 0 Å². The number of ether oxygens (including phenoxy) is 2. The molecule has 1 unspecified atom stereocenters. The van der Waals surface area contributed by atoms with Crippen molar-refractivity contribution in [3.05, 3.63) is 65.7 Å². The maximum absolute atomic E-state index is 5.59. The Morgan fingerprint density at radius 2 is 1.69 bits per heavy atom. The van der Waals surface area contributed by atoms with E-state index in [0.29, 0.717) is 13.1 Å². The lowest BCUT2D eigenvalue weighted by Crippen LogP contribution is -2.39. The fraction of sp³-hybridized carbons (Fsp3) is 0.350. The number of hydrogen-bond acceptors (Lipinski definition) is 3. The van der Waals surface area contributed by atoms with Gasteiger partial charge >= 0.3 is 0 Å². The number of methoxy groups -OCH3 is 2. The van der Waals surface area contributed by atoms with Crippen molar-refractivity contribution in [1.82, 2.24) is 10.6 Å². The van der Waals surface area contributed by atoms with Crippen molar-refractivity contribution in [3.63, 3.8) is 0 Å². The maximum Gasteiger partial charge on any atom is 0.191 e. The van der Waals surface area contributed by atoms with Gasteiger partial charge in [0.25, 0.3) is 0 Å². The molecule has 0 aromatic heterocycles. The predicted octanol–water partition coefficient (Wildman–Crippen LogP) is 3.76. The lowest BCUT2D eigenvalue weighted by atomic mass is 10.1. The zero-order valence-electron chi connectivity index (χ0n) is 15.6. The van der Waals surface area contributed by atoms with Gasteiger partial charge in [0.1, 0.15) is 5.75 Å². The molecule has 142 valence electrons. The largest absolute Gasteiger partial charge is 0.497 e. The van der Waals surface area contributed by atoms with Crippen molar-refractivity contribution in [2.75, 3.05) is 27.3 Å². The first kappa shape index (κ1) is 22.2. The third-order valence-corrected chi connectivity index (χ3v) is 3.83. The van der Waals surface area contributed by atoms with Crippen LogP contribution in [0.3, 0.4) is 0 Å². The van der Waals surface area contributed by atoms with Crippen molar-refractivity contribution in [3.8, 4) is 5.75 Å². The van der Waals surface area contributed by atoms with Crippen LogP contribution in [0.15, 0.2) is 59.6 Å². The summed E-state index contributed by atoms with van der Waals surface area (Å²) in [6.45, 7) is 4.10. The zero-order chi connectivity index (χ0) is 17.9. The van der Waals surface area contributed by atoms with Crippen molar-refractivity contribution in [2.45, 2.75) is 19.6 Å². The van der Waals surface area contributed by atoms with Crippen LogP contribution in [-0.2, 0) is 11.3 Å². The van der Waals surface area contributed by atoms with E-state index in [1.165, 1.54) is 0 Å². The van der Waals surface area contributed by atoms with Crippen LogP contribution in [0.25, 0.3) is 0 Å². The summed E-state index contributed by atoms with van der Waals surface area (Å²) in [5, 5.41) is 6.62. The maximum atomic E-state index is 5.59. The van der Waals surface area contributed by atoms with Crippen molar-refractivity contribution >= 4 is 29.9 Å². The molecule has 2 N–H and O–H groups in total. The molecule has 2 rings (SSSR count). The molecule has 0 radical (unpaired) electrons. The molecule has 0 bridgehead atoms. The van der Waals surface area contributed by atoms with Gasteiger partial charge in [0.2, 0.25) is 0 Å². The molecular weight excluding hydrogens is 441 g/mol. The summed E-state index contributed by atoms with van der Waals surface area (Å²) in [6, 6.07) is 18.1. The second-order valence-electron chi connectivity index (χ2n) is 5.56. The molecule has 0 saturated heterocycles. The topological polar surface area (TPSA) is 54.9 Å². The molecule has 0 aliphatic rings. The summed E-state index contributed by atoms with van der Waals surface area (Å²) >= 11 is 0. The molecule has 0 aliphatic carbocycles. The molecule has 5 nitrogen and oxygen atoms in total. The van der Waals surface area contributed by atoms with Gasteiger partial charge in [-0.1, -0.05) is 42.5 Å². The van der Waals surface area contributed by atoms with E-state index in [1.807, 2.05) is 42.5 Å². The Labute approximate surface area is 173 Å². The molecule has 0 fully saturated rings. The summed E-state index contributed by atoms with van der Waals surface area (Å²) in [4.78, 5) is 4.64. The van der Waals surface area contributed by atoms with Gasteiger partial charge in [0.15, 0.2) is 5.96 Å². The van der Waals surface area contributed by atoms with Crippen molar-refractivity contribution in [1.29, 1.82) is 0 Å². The summed E-state index contributed by atoms with van der Waals surface area (Å²) in [7, 11) is 3.39. The first-order chi connectivity index (χ1) is 12.3. The molecule has 0 amide bonds. The van der Waals surface area contributed by atoms with Crippen LogP contribution in [0.4, 0.5) is 0 Å². The van der Waals surface area contributed by atoms with Gasteiger partial charge in [-0.3, -0.25) is 0 Å². The molecule has 0 spiro atoms. The van der Waals surface area contributed by atoms with Gasteiger partial charge in [-0.25, -0.2) is 4.99 Å². The van der Waals surface area contributed by atoms with Crippen molar-refractivity contribution in [2.24, 2.45) is 4.99 Å². The summed E-state index contributed by atoms with van der Waals surface area (Å²) in [6.07, 6.45) is -0.0222. The third-order valence-electron chi connectivity index (χ3n) is 3.83. The molecule has 2 aromatic carbocycles. The lowest BCUT2D eigenvalue weighted by Gasteiger charge is -2.18. The van der Waals surface area contributed by atoms with Gasteiger partial charge in [-0.15, -0.1) is 24.0 Å². The fourth-order valence-electron chi connectivity index (χ4n) is 2.44. The molecule has 2 aromatic rings. The Morgan fingerprint density at radius 3 is 2.27 bits per heavy atom. The number of halogens is 1. The van der Waals surface area contributed by atoms with Crippen LogP contribution in [0.2, 0.25) is 0 Å². The van der Waals surface area contributed by atoms with E-state index in [4.69, 9.17) is 9.47 Å². The molecular formula is C20H28IN3O2. The van der Waals surface area contributed by atoms with Crippen LogP contribution >= 0.6 is 24.0 Å². The van der Waals surface area contributed by atoms with Crippen molar-refractivity contribution < 1.29 is 9.47 Å². The van der Waals surface area contributed by atoms with Gasteiger partial charge in [0, 0.05) is 20.2 Å². The molecule has 1 atom stereocenters. The molecule has 0 heterocycles. The lowest BCUT2D eigenvalue weighted by molar-refractivity contribution is 0.106. The Balaban J connectivity index is 0.00000338. The molecule has 26 heavy (non-hydrogen) atoms. The van der Waals surface area contributed by atoms with E-state index in [1.54, 1.807) is 14.2 Å². The highest BCUT2D eigenvalue weighted by molar-refractivity contribution is 14.0. The van der Waals surface area contributed by atoms with E-state index < -0.39 is 0 Å². The summed E-state index contributed by atoms with van der Waals surface area (Å²) in [5.41, 5.74) is 2.27. The first-order valence-corrected chi connectivity index (χ1v) is 8.49. The monoisotopic (exact) mass is 469 g/mol. The average Bonchev–Trinajstić information content (AvgIpc) is 2.67. The molecule has 6 heteroatoms. The molecule has 0 aliphatic heterocycles. The standard InChI is InChI=1S/C20H27N3O2.HI/c1-4-21-20(22-14-16-10-12-18(24-2)13-11-16)23-15-19(25-3)17-8-6-5-7-9-17;/h5-13,19H,4,14-15H2,1-3H3,(H2,21,22,23);1H. The Bertz CT molecular complexity index is 648. The van der Waals surface area contributed by atoms with Crippen LogP contribution in [0.1, 0.15) is 24.2 Å². The van der Waals surface area contributed by atoms with Gasteiger partial charge in [-0.2, -0.15) is 0 Å². The minimum absolute atomic E-state index is 0. The van der Waals surface area contributed by atoms with Gasteiger partial charge in [-0.05, 0) is 30.2 Å². The van der Waals surface area contributed by atoms with E-state index in [-0.39, 0.29) is 30.1 Å². The number of nitrogens with zero attached hydrogens (tertiary/aromatic N) is 1. The SMILES string of the molecule is CCNC(=NCc1ccc(OC)cc1)NCC(OC)c1ccccc1.I. The second-order valence-corrected chi connectivity index (χ2v) is 5.56. The Kier molecular flexibility index (Phi) is 10.7. The number of guanidine groups is 1. The fourth-order valence-corrected chi connectivity index (χ4v) is 2.44. The molecule has 0 saturated carbocycles. The van der Waals surface area contributed by atoms with E-state index in [2.05, 4.69) is 34.7 Å². The average molecular weight is 469 g/mol.